The van der Waals surface area contributed by atoms with E-state index >= 15 is 0 Å². The Hall–Kier alpha value is -0.0400. The molecule has 0 rings (SSSR count). The molecule has 1 atom stereocenters. The van der Waals surface area contributed by atoms with Crippen LogP contribution < -0.4 is 0 Å². The van der Waals surface area contributed by atoms with E-state index in [1.165, 1.54) is 0 Å². The van der Waals surface area contributed by atoms with Crippen LogP contribution in [0.1, 0.15) is 14.7 Å². The lowest BCUT2D eigenvalue weighted by molar-refractivity contribution is 0.295. The average Bonchev–Trinajstić information content (AvgIpc) is 1.38. The van der Waals surface area contributed by atoms with Crippen LogP contribution in [-0.2, 0) is 0 Å². The summed E-state index contributed by atoms with van der Waals surface area (Å²) in [4.78, 5) is 0. The van der Waals surface area contributed by atoms with Crippen LogP contribution in [0.3, 0.4) is 0 Å². The number of aliphatic hydroxyl groups excluding tert-OH is 1. The molecule has 0 bridgehead atoms. The van der Waals surface area contributed by atoms with Crippen molar-refractivity contribution in [1.82, 2.24) is 0 Å². The highest BCUT2D eigenvalue weighted by atomic mass is 16.2. The van der Waals surface area contributed by atoms with Crippen LogP contribution in [0.25, 0.3) is 0 Å². The molecule has 26 valence electrons. The molecule has 0 unspecified atom stereocenters. The van der Waals surface area contributed by atoms with Gasteiger partial charge in [-0.25, -0.2) is 0 Å². The van der Waals surface area contributed by atoms with E-state index in [9.17, 15) is 0 Å². The topological polar surface area (TPSA) is 20.2 Å². The minimum absolute atomic E-state index is 0.0278. The van der Waals surface area contributed by atoms with E-state index in [-0.39, 0.29) is 13.0 Å². The molecule has 0 heterocycles. The van der Waals surface area contributed by atoms with E-state index in [0.717, 1.165) is 0 Å². The Labute approximate surface area is 27.7 Å². The summed E-state index contributed by atoms with van der Waals surface area (Å²) < 4.78 is 6.58. The molecule has 0 saturated carbocycles. The molecule has 1 heteroatoms. The van der Waals surface area contributed by atoms with E-state index in [4.69, 9.17) is 6.48 Å². The molecule has 0 spiro atoms. The maximum absolute atomic E-state index is 7.96. The van der Waals surface area contributed by atoms with Gasteiger partial charge in [0.15, 0.2) is 0 Å². The zero-order chi connectivity index (χ0) is 4.28. The molecule has 0 aromatic rings. The third kappa shape index (κ3) is 1.96. The Morgan fingerprint density at radius 2 is 2.50 bits per heavy atom. The fourth-order valence-corrected chi connectivity index (χ4v) is 0. The van der Waals surface area contributed by atoms with Crippen molar-refractivity contribution >= 4 is 0 Å². The Morgan fingerprint density at radius 1 is 2.25 bits per heavy atom. The van der Waals surface area contributed by atoms with Crippen molar-refractivity contribution < 1.29 is 6.48 Å². The summed E-state index contributed by atoms with van der Waals surface area (Å²) in [5, 5.41) is 7.96. The Morgan fingerprint density at radius 3 is 2.50 bits per heavy atom. The fraction of sp³-hybridized carbons (Fsp3) is 1.00. The minimum Gasteiger partial charge on any atom is -0.396 e. The van der Waals surface area contributed by atoms with Gasteiger partial charge in [0.25, 0.3) is 0 Å². The van der Waals surface area contributed by atoms with Gasteiger partial charge in [0.2, 0.25) is 0 Å². The van der Waals surface area contributed by atoms with Crippen molar-refractivity contribution in [2.45, 2.75) is 13.3 Å². The first kappa shape index (κ1) is 2.21. The molecule has 0 saturated heterocycles. The Bertz CT molecular complexity index is 20.9. The van der Waals surface area contributed by atoms with Crippen molar-refractivity contribution in [3.8, 4) is 0 Å². The maximum atomic E-state index is 7.96. The van der Waals surface area contributed by atoms with Gasteiger partial charge in [-0.15, -0.1) is 0 Å². The zero-order valence-corrected chi connectivity index (χ0v) is 2.73. The third-order valence-corrected chi connectivity index (χ3v) is 0.183. The lowest BCUT2D eigenvalue weighted by Gasteiger charge is -1.69. The second-order valence-electron chi connectivity index (χ2n) is 0.591. The number of rotatable bonds is 1. The quantitative estimate of drug-likeness (QED) is 0.465. The summed E-state index contributed by atoms with van der Waals surface area (Å²) in [5.41, 5.74) is 0. The first-order valence-corrected chi connectivity index (χ1v) is 1.30. The SMILES string of the molecule is [2H][C@@H](C)CO. The van der Waals surface area contributed by atoms with E-state index in [2.05, 4.69) is 0 Å². The molecule has 1 nitrogen and oxygen atoms in total. The van der Waals surface area contributed by atoms with E-state index in [0.29, 0.717) is 0 Å². The lowest BCUT2D eigenvalue weighted by Crippen LogP contribution is -1.69. The van der Waals surface area contributed by atoms with Gasteiger partial charge in [-0.05, 0) is 6.40 Å². The van der Waals surface area contributed by atoms with Gasteiger partial charge in [-0.2, -0.15) is 0 Å². The van der Waals surface area contributed by atoms with Gasteiger partial charge in [-0.1, -0.05) is 6.92 Å². The van der Waals surface area contributed by atoms with Crippen LogP contribution in [0.5, 0.6) is 0 Å². The number of hydrogen-bond donors (Lipinski definition) is 1. The van der Waals surface area contributed by atoms with Crippen molar-refractivity contribution in [2.24, 2.45) is 0 Å². The second kappa shape index (κ2) is 2.96. The summed E-state index contributed by atoms with van der Waals surface area (Å²) >= 11 is 0. The highest BCUT2D eigenvalue weighted by Crippen LogP contribution is 1.61. The summed E-state index contributed by atoms with van der Waals surface area (Å²) in [6.07, 6.45) is -0.310. The monoisotopic (exact) mass is 61.1 g/mol. The van der Waals surface area contributed by atoms with Gasteiger partial charge in [0.05, 0.1) is 0 Å². The molecule has 0 aliphatic heterocycles. The lowest BCUT2D eigenvalue weighted by atomic mass is 10.5. The van der Waals surface area contributed by atoms with Crippen molar-refractivity contribution in [3.05, 3.63) is 0 Å². The molecule has 0 amide bonds. The van der Waals surface area contributed by atoms with Crippen LogP contribution in [0.15, 0.2) is 0 Å². The van der Waals surface area contributed by atoms with Crippen LogP contribution >= 0.6 is 0 Å². The van der Waals surface area contributed by atoms with Crippen LogP contribution in [0.2, 0.25) is 0 Å². The molecule has 0 aliphatic rings. The summed E-state index contributed by atoms with van der Waals surface area (Å²) in [7, 11) is 0. The molecular formula is C3H8O. The molecular weight excluding hydrogens is 52.0 g/mol. The minimum atomic E-state index is -0.310. The van der Waals surface area contributed by atoms with Crippen molar-refractivity contribution in [2.75, 3.05) is 6.61 Å². The number of aliphatic hydroxyl groups is 1. The molecule has 1 N–H and O–H groups in total. The highest BCUT2D eigenvalue weighted by molar-refractivity contribution is 4.10. The summed E-state index contributed by atoms with van der Waals surface area (Å²) in [5.74, 6) is 0. The number of hydrogen-bond acceptors (Lipinski definition) is 1. The first-order valence-electron chi connectivity index (χ1n) is 1.88. The Kier molecular flexibility index (Phi) is 1.64. The molecule has 4 heavy (non-hydrogen) atoms. The molecule has 0 aromatic carbocycles. The summed E-state index contributed by atoms with van der Waals surface area (Å²) in [6.45, 7) is 1.61. The van der Waals surface area contributed by atoms with Gasteiger partial charge >= 0.3 is 0 Å². The van der Waals surface area contributed by atoms with Crippen molar-refractivity contribution in [3.63, 3.8) is 0 Å². The second-order valence-corrected chi connectivity index (χ2v) is 0.591. The average molecular weight is 61.1 g/mol. The summed E-state index contributed by atoms with van der Waals surface area (Å²) in [6, 6.07) is 0. The van der Waals surface area contributed by atoms with Crippen LogP contribution in [0, 0.1) is 0 Å². The Balaban J connectivity index is 2.54. The standard InChI is InChI=1S/C3H8O/c1-2-3-4/h4H,2-3H2,1H3/i2D/t2-/m0/s1. The first-order chi connectivity index (χ1) is 2.27. The van der Waals surface area contributed by atoms with Crippen LogP contribution in [0.4, 0.5) is 0 Å². The fourth-order valence-electron chi connectivity index (χ4n) is 0. The maximum Gasteiger partial charge on any atom is 0.0428 e. The third-order valence-electron chi connectivity index (χ3n) is 0.183. The van der Waals surface area contributed by atoms with Gasteiger partial charge in [-0.3, -0.25) is 0 Å². The zero-order valence-electron chi connectivity index (χ0n) is 3.73. The normalized spacial score (nSPS) is 19.0. The highest BCUT2D eigenvalue weighted by Gasteiger charge is 1.57. The van der Waals surface area contributed by atoms with E-state index in [1.807, 2.05) is 0 Å². The molecule has 0 aliphatic carbocycles. The van der Waals surface area contributed by atoms with Crippen molar-refractivity contribution in [1.29, 1.82) is 0 Å². The van der Waals surface area contributed by atoms with E-state index < -0.39 is 0 Å². The largest absolute Gasteiger partial charge is 0.396 e. The van der Waals surface area contributed by atoms with Crippen LogP contribution in [-0.4, -0.2) is 11.7 Å². The van der Waals surface area contributed by atoms with E-state index in [1.54, 1.807) is 6.92 Å². The molecule has 0 radical (unpaired) electrons. The smallest absolute Gasteiger partial charge is 0.0428 e. The predicted octanol–water partition coefficient (Wildman–Crippen LogP) is 0.389. The van der Waals surface area contributed by atoms with Gasteiger partial charge in [0.1, 0.15) is 0 Å². The molecule has 0 fully saturated rings. The predicted molar refractivity (Wildman–Crippen MR) is 17.4 cm³/mol. The van der Waals surface area contributed by atoms with Gasteiger partial charge in [0, 0.05) is 7.98 Å². The van der Waals surface area contributed by atoms with Gasteiger partial charge < -0.3 is 5.11 Å². The molecule has 0 aromatic heterocycles.